The van der Waals surface area contributed by atoms with Gasteiger partial charge in [0.05, 0.1) is 0 Å². The molecule has 1 unspecified atom stereocenters. The molecular weight excluding hydrogens is 271 g/mol. The summed E-state index contributed by atoms with van der Waals surface area (Å²) < 4.78 is 38.3. The van der Waals surface area contributed by atoms with Gasteiger partial charge in [-0.3, -0.25) is 4.79 Å². The first kappa shape index (κ1) is 14.9. The highest BCUT2D eigenvalue weighted by Crippen LogP contribution is 2.22. The topological polar surface area (TPSA) is 37.3 Å². The lowest BCUT2D eigenvalue weighted by Gasteiger charge is -2.18. The number of carbonyl (C=O) groups excluding carboxylic acids is 1. The second-order valence-corrected chi connectivity index (χ2v) is 5.10. The summed E-state index contributed by atoms with van der Waals surface area (Å²) in [7, 11) is 1.85. The third-order valence-corrected chi connectivity index (χ3v) is 3.46. The summed E-state index contributed by atoms with van der Waals surface area (Å²) in [5.74, 6) is 0.0489. The van der Waals surface area contributed by atoms with E-state index in [0.29, 0.717) is 19.0 Å². The van der Waals surface area contributed by atoms with Gasteiger partial charge in [0.25, 0.3) is 5.91 Å². The minimum absolute atomic E-state index is 0.104. The molecule has 2 rings (SSSR count). The maximum absolute atomic E-state index is 12.4. The van der Waals surface area contributed by atoms with Gasteiger partial charge in [-0.25, -0.2) is 0 Å². The zero-order valence-corrected chi connectivity index (χ0v) is 11.3. The minimum atomic E-state index is -4.33. The molecule has 7 heteroatoms. The van der Waals surface area contributed by atoms with Crippen molar-refractivity contribution in [3.8, 4) is 0 Å². The molecule has 1 amide bonds. The van der Waals surface area contributed by atoms with Crippen molar-refractivity contribution in [1.82, 2.24) is 14.8 Å². The van der Waals surface area contributed by atoms with Crippen molar-refractivity contribution in [3.05, 3.63) is 24.0 Å². The van der Waals surface area contributed by atoms with Crippen LogP contribution < -0.4 is 5.32 Å². The Morgan fingerprint density at radius 1 is 1.50 bits per heavy atom. The van der Waals surface area contributed by atoms with Gasteiger partial charge in [0, 0.05) is 19.3 Å². The van der Waals surface area contributed by atoms with E-state index in [9.17, 15) is 18.0 Å². The Labute approximate surface area is 115 Å². The Bertz CT molecular complexity index is 470. The lowest BCUT2D eigenvalue weighted by molar-refractivity contribution is -0.140. The normalized spacial score (nSPS) is 19.6. The molecule has 0 spiro atoms. The molecule has 1 aliphatic heterocycles. The molecule has 0 saturated carbocycles. The first-order chi connectivity index (χ1) is 9.40. The van der Waals surface area contributed by atoms with Gasteiger partial charge in [-0.15, -0.1) is 0 Å². The Hall–Kier alpha value is -1.50. The third kappa shape index (κ3) is 3.53. The Morgan fingerprint density at radius 2 is 2.25 bits per heavy atom. The van der Waals surface area contributed by atoms with Crippen LogP contribution in [0.4, 0.5) is 13.2 Å². The van der Waals surface area contributed by atoms with Gasteiger partial charge >= 0.3 is 6.18 Å². The van der Waals surface area contributed by atoms with E-state index < -0.39 is 12.7 Å². The van der Waals surface area contributed by atoms with Crippen LogP contribution in [-0.2, 0) is 6.54 Å². The number of nitrogens with zero attached hydrogens (tertiary/aromatic N) is 2. The zero-order valence-electron chi connectivity index (χ0n) is 11.3. The van der Waals surface area contributed by atoms with E-state index in [2.05, 4.69) is 5.32 Å². The smallest absolute Gasteiger partial charge is 0.337 e. The molecule has 0 aromatic carbocycles. The summed E-state index contributed by atoms with van der Waals surface area (Å²) in [5.41, 5.74) is 0.104. The molecule has 20 heavy (non-hydrogen) atoms. The van der Waals surface area contributed by atoms with Crippen molar-refractivity contribution < 1.29 is 18.0 Å². The van der Waals surface area contributed by atoms with Crippen LogP contribution >= 0.6 is 0 Å². The Kier molecular flexibility index (Phi) is 4.37. The number of rotatable bonds is 4. The average Bonchev–Trinajstić information content (AvgIpc) is 2.96. The Balaban J connectivity index is 2.05. The van der Waals surface area contributed by atoms with Crippen LogP contribution in [0.15, 0.2) is 18.3 Å². The number of likely N-dealkylation sites (tertiary alicyclic amines) is 1. The van der Waals surface area contributed by atoms with Crippen LogP contribution in [0.1, 0.15) is 16.9 Å². The lowest BCUT2D eigenvalue weighted by atomic mass is 10.1. The fourth-order valence-corrected chi connectivity index (χ4v) is 2.57. The van der Waals surface area contributed by atoms with Gasteiger partial charge in [0.1, 0.15) is 12.2 Å². The first-order valence-electron chi connectivity index (χ1n) is 6.56. The van der Waals surface area contributed by atoms with Crippen LogP contribution in [-0.4, -0.2) is 48.2 Å². The third-order valence-electron chi connectivity index (χ3n) is 3.46. The van der Waals surface area contributed by atoms with E-state index in [-0.39, 0.29) is 11.6 Å². The van der Waals surface area contributed by atoms with Gasteiger partial charge in [-0.05, 0) is 38.1 Å². The highest BCUT2D eigenvalue weighted by Gasteiger charge is 2.32. The highest BCUT2D eigenvalue weighted by molar-refractivity contribution is 5.93. The van der Waals surface area contributed by atoms with E-state index in [4.69, 9.17) is 0 Å². The molecular formula is C13H18F3N3O. The number of hydrogen-bond acceptors (Lipinski definition) is 2. The number of aromatic nitrogens is 1. The predicted octanol–water partition coefficient (Wildman–Crippen LogP) is 1.73. The number of nitrogens with one attached hydrogen (secondary N) is 1. The number of amides is 1. The summed E-state index contributed by atoms with van der Waals surface area (Å²) >= 11 is 0. The molecule has 1 aromatic heterocycles. The van der Waals surface area contributed by atoms with Crippen molar-refractivity contribution in [2.24, 2.45) is 5.92 Å². The predicted molar refractivity (Wildman–Crippen MR) is 68.4 cm³/mol. The second-order valence-electron chi connectivity index (χ2n) is 5.10. The fourth-order valence-electron chi connectivity index (χ4n) is 2.57. The molecule has 1 aliphatic rings. The molecule has 1 aromatic rings. The van der Waals surface area contributed by atoms with Gasteiger partial charge < -0.3 is 14.8 Å². The van der Waals surface area contributed by atoms with Crippen molar-refractivity contribution >= 4 is 5.91 Å². The van der Waals surface area contributed by atoms with Gasteiger partial charge in [-0.1, -0.05) is 0 Å². The number of halogens is 3. The van der Waals surface area contributed by atoms with Crippen LogP contribution in [0.25, 0.3) is 0 Å². The number of alkyl halides is 3. The minimum Gasteiger partial charge on any atom is -0.337 e. The average molecular weight is 289 g/mol. The van der Waals surface area contributed by atoms with Crippen molar-refractivity contribution in [2.45, 2.75) is 19.1 Å². The van der Waals surface area contributed by atoms with Crippen LogP contribution in [0.5, 0.6) is 0 Å². The van der Waals surface area contributed by atoms with E-state index in [1.165, 1.54) is 18.3 Å². The monoisotopic (exact) mass is 289 g/mol. The summed E-state index contributed by atoms with van der Waals surface area (Å²) in [6, 6.07) is 2.92. The largest absolute Gasteiger partial charge is 0.406 e. The molecule has 1 N–H and O–H groups in total. The maximum atomic E-state index is 12.4. The summed E-state index contributed by atoms with van der Waals surface area (Å²) in [6.45, 7) is 0.876. The molecule has 0 aliphatic carbocycles. The molecule has 112 valence electrons. The summed E-state index contributed by atoms with van der Waals surface area (Å²) in [6.07, 6.45) is -2.15. The van der Waals surface area contributed by atoms with Crippen LogP contribution in [0, 0.1) is 5.92 Å². The zero-order chi connectivity index (χ0) is 14.8. The molecule has 2 heterocycles. The number of carbonyl (C=O) groups is 1. The Morgan fingerprint density at radius 3 is 2.90 bits per heavy atom. The number of hydrogen-bond donors (Lipinski definition) is 1. The molecule has 4 nitrogen and oxygen atoms in total. The van der Waals surface area contributed by atoms with E-state index >= 15 is 0 Å². The van der Waals surface area contributed by atoms with Crippen molar-refractivity contribution in [1.29, 1.82) is 0 Å². The quantitative estimate of drug-likeness (QED) is 0.916. The van der Waals surface area contributed by atoms with Gasteiger partial charge in [0.2, 0.25) is 0 Å². The van der Waals surface area contributed by atoms with E-state index in [0.717, 1.165) is 17.5 Å². The second kappa shape index (κ2) is 5.87. The summed E-state index contributed by atoms with van der Waals surface area (Å²) in [4.78, 5) is 13.9. The maximum Gasteiger partial charge on any atom is 0.406 e. The van der Waals surface area contributed by atoms with Gasteiger partial charge in [-0.2, -0.15) is 13.2 Å². The molecule has 0 radical (unpaired) electrons. The standard InChI is InChI=1S/C13H18F3N3O/c1-17-7-10-4-6-18(8-10)12(20)11-3-2-5-19(11)9-13(14,15)16/h2-3,5,10,17H,4,6-9H2,1H3. The van der Waals surface area contributed by atoms with Crippen molar-refractivity contribution in [2.75, 3.05) is 26.7 Å². The van der Waals surface area contributed by atoms with E-state index in [1.54, 1.807) is 4.90 Å². The van der Waals surface area contributed by atoms with Gasteiger partial charge in [0.15, 0.2) is 0 Å². The summed E-state index contributed by atoms with van der Waals surface area (Å²) in [5, 5.41) is 3.05. The van der Waals surface area contributed by atoms with Crippen LogP contribution in [0.3, 0.4) is 0 Å². The molecule has 1 fully saturated rings. The molecule has 0 bridgehead atoms. The fraction of sp³-hybridized carbons (Fsp3) is 0.615. The molecule has 1 atom stereocenters. The first-order valence-corrected chi connectivity index (χ1v) is 6.56. The lowest BCUT2D eigenvalue weighted by Crippen LogP contribution is -2.32. The van der Waals surface area contributed by atoms with E-state index in [1.807, 2.05) is 7.05 Å². The highest BCUT2D eigenvalue weighted by atomic mass is 19.4. The molecule has 1 saturated heterocycles. The van der Waals surface area contributed by atoms with Crippen LogP contribution in [0.2, 0.25) is 0 Å². The SMILES string of the molecule is CNCC1CCN(C(=O)c2cccn2CC(F)(F)F)C1. The van der Waals surface area contributed by atoms with Crippen molar-refractivity contribution in [3.63, 3.8) is 0 Å².